The number of esters is 1. The Morgan fingerprint density at radius 1 is 0.868 bits per heavy atom. The van der Waals surface area contributed by atoms with Gasteiger partial charge in [-0.1, -0.05) is 88.6 Å². The van der Waals surface area contributed by atoms with E-state index in [-0.39, 0.29) is 16.9 Å². The first kappa shape index (κ1) is 27.4. The van der Waals surface area contributed by atoms with Crippen molar-refractivity contribution in [3.05, 3.63) is 87.8 Å². The van der Waals surface area contributed by atoms with E-state index in [0.29, 0.717) is 17.7 Å². The highest BCUT2D eigenvalue weighted by Gasteiger charge is 2.42. The average Bonchev–Trinajstić information content (AvgIpc) is 2.95. The zero-order valence-corrected chi connectivity index (χ0v) is 22.3. The van der Waals surface area contributed by atoms with Crippen molar-refractivity contribution in [3.8, 4) is 0 Å². The van der Waals surface area contributed by atoms with Crippen molar-refractivity contribution in [1.82, 2.24) is 0 Å². The summed E-state index contributed by atoms with van der Waals surface area (Å²) in [4.78, 5) is 38.7. The zero-order chi connectivity index (χ0) is 27.1. The summed E-state index contributed by atoms with van der Waals surface area (Å²) in [6.07, 6.45) is 10.7. The van der Waals surface area contributed by atoms with Crippen LogP contribution in [0.2, 0.25) is 0 Å². The number of ether oxygens (including phenoxy) is 1. The van der Waals surface area contributed by atoms with Crippen LogP contribution in [0.3, 0.4) is 0 Å². The second kappa shape index (κ2) is 12.7. The van der Waals surface area contributed by atoms with Crippen LogP contribution in [0.1, 0.15) is 98.5 Å². The van der Waals surface area contributed by atoms with E-state index in [1.807, 2.05) is 24.3 Å². The summed E-state index contributed by atoms with van der Waals surface area (Å²) >= 11 is 0. The Morgan fingerprint density at radius 3 is 2.16 bits per heavy atom. The predicted molar refractivity (Wildman–Crippen MR) is 148 cm³/mol. The van der Waals surface area contributed by atoms with Gasteiger partial charge in [0.05, 0.1) is 18.4 Å². The third-order valence-corrected chi connectivity index (χ3v) is 7.53. The van der Waals surface area contributed by atoms with Crippen molar-refractivity contribution < 1.29 is 24.2 Å². The molecule has 200 valence electrons. The smallest absolute Gasteiger partial charge is 0.337 e. The number of aliphatic hydroxyl groups is 1. The Bertz CT molecular complexity index is 1250. The van der Waals surface area contributed by atoms with Gasteiger partial charge in [-0.2, -0.15) is 0 Å². The molecular weight excluding hydrogens is 478 g/mol. The number of benzene rings is 2. The zero-order valence-electron chi connectivity index (χ0n) is 22.3. The Kier molecular flexibility index (Phi) is 9.16. The van der Waals surface area contributed by atoms with E-state index in [4.69, 9.17) is 4.74 Å². The van der Waals surface area contributed by atoms with Crippen LogP contribution in [0.25, 0.3) is 0 Å². The number of carbonyl (C=O) groups excluding carboxylic acids is 3. The van der Waals surface area contributed by atoms with E-state index in [1.54, 1.807) is 24.3 Å². The molecule has 1 unspecified atom stereocenters. The summed E-state index contributed by atoms with van der Waals surface area (Å²) in [7, 11) is 1.32. The number of Topliss-reactive ketones (excluding diaryl/α,β-unsaturated/α-hetero) is 2. The molecule has 0 spiro atoms. The lowest BCUT2D eigenvalue weighted by atomic mass is 9.74. The van der Waals surface area contributed by atoms with E-state index in [9.17, 15) is 19.5 Å². The van der Waals surface area contributed by atoms with Gasteiger partial charge in [0.25, 0.3) is 0 Å². The number of fused-ring (bicyclic) bond motifs is 1. The van der Waals surface area contributed by atoms with Gasteiger partial charge >= 0.3 is 5.97 Å². The molecule has 0 bridgehead atoms. The molecule has 1 heterocycles. The minimum Gasteiger partial charge on any atom is -0.505 e. The van der Waals surface area contributed by atoms with Gasteiger partial charge in [0.1, 0.15) is 5.76 Å². The van der Waals surface area contributed by atoms with Crippen LogP contribution in [0.15, 0.2) is 71.1 Å². The van der Waals surface area contributed by atoms with Crippen molar-refractivity contribution in [2.45, 2.75) is 77.0 Å². The van der Waals surface area contributed by atoms with Crippen LogP contribution in [0, 0.1) is 0 Å². The number of hydrogen-bond donors (Lipinski definition) is 2. The molecule has 0 amide bonds. The molecule has 4 rings (SSSR count). The number of ketones is 2. The first-order valence-corrected chi connectivity index (χ1v) is 13.8. The molecule has 1 aliphatic heterocycles. The molecule has 0 aromatic heterocycles. The quantitative estimate of drug-likeness (QED) is 0.135. The molecule has 1 atom stereocenters. The number of carbonyl (C=O) groups is 3. The minimum absolute atomic E-state index is 0.130. The van der Waals surface area contributed by atoms with Crippen molar-refractivity contribution in [3.63, 3.8) is 0 Å². The fourth-order valence-corrected chi connectivity index (χ4v) is 5.43. The molecular formula is C32H37NO5. The third kappa shape index (κ3) is 5.74. The molecule has 0 saturated carbocycles. The molecule has 2 aromatic rings. The fraction of sp³-hybridized carbons (Fsp3) is 0.406. The van der Waals surface area contributed by atoms with Crippen molar-refractivity contribution in [2.24, 2.45) is 0 Å². The monoisotopic (exact) mass is 515 g/mol. The second-order valence-electron chi connectivity index (χ2n) is 10.1. The lowest BCUT2D eigenvalue weighted by Gasteiger charge is -2.34. The molecule has 2 aliphatic rings. The van der Waals surface area contributed by atoms with Gasteiger partial charge in [0, 0.05) is 22.8 Å². The van der Waals surface area contributed by atoms with Crippen LogP contribution in [0.4, 0.5) is 5.69 Å². The Balaban J connectivity index is 1.56. The minimum atomic E-state index is -0.627. The number of para-hydroxylation sites is 1. The van der Waals surface area contributed by atoms with E-state index < -0.39 is 23.5 Å². The van der Waals surface area contributed by atoms with E-state index in [1.165, 1.54) is 45.6 Å². The lowest BCUT2D eigenvalue weighted by Crippen LogP contribution is -2.34. The average molecular weight is 516 g/mol. The molecule has 0 fully saturated rings. The lowest BCUT2D eigenvalue weighted by molar-refractivity contribution is -0.132. The van der Waals surface area contributed by atoms with E-state index >= 15 is 0 Å². The summed E-state index contributed by atoms with van der Waals surface area (Å²) in [5.74, 6) is -2.35. The van der Waals surface area contributed by atoms with E-state index in [0.717, 1.165) is 36.1 Å². The molecule has 2 aromatic carbocycles. The largest absolute Gasteiger partial charge is 0.505 e. The molecule has 1 aliphatic carbocycles. The maximum Gasteiger partial charge on any atom is 0.337 e. The Morgan fingerprint density at radius 2 is 1.50 bits per heavy atom. The van der Waals surface area contributed by atoms with Gasteiger partial charge in [-0.3, -0.25) is 9.59 Å². The van der Waals surface area contributed by atoms with Crippen molar-refractivity contribution in [1.29, 1.82) is 0 Å². The Hall–Kier alpha value is -3.67. The summed E-state index contributed by atoms with van der Waals surface area (Å²) < 4.78 is 4.80. The Labute approximate surface area is 224 Å². The highest BCUT2D eigenvalue weighted by Crippen LogP contribution is 2.46. The number of methoxy groups -OCH3 is 1. The fourth-order valence-electron chi connectivity index (χ4n) is 5.43. The summed E-state index contributed by atoms with van der Waals surface area (Å²) in [6.45, 7) is 2.21. The number of nitrogens with one attached hydrogen (secondary N) is 1. The number of unbranched alkanes of at least 4 members (excludes halogenated alkanes) is 8. The van der Waals surface area contributed by atoms with Crippen LogP contribution < -0.4 is 5.32 Å². The summed E-state index contributed by atoms with van der Waals surface area (Å²) in [6, 6.07) is 14.4. The molecule has 38 heavy (non-hydrogen) atoms. The standard InChI is InChI=1S/C32H37NO5/c1-3-4-5-6-7-8-9-10-11-15-24-29(34)28-27(31(36)30(24)35)26(23-14-12-13-16-25(23)33-28)21-17-19-22(20-18-21)32(37)38-2/h12-14,16-20,26,33-34H,3-11,15H2,1-2H3. The second-order valence-corrected chi connectivity index (χ2v) is 10.1. The van der Waals surface area contributed by atoms with Crippen LogP contribution >= 0.6 is 0 Å². The maximum absolute atomic E-state index is 13.5. The highest BCUT2D eigenvalue weighted by molar-refractivity contribution is 6.50. The SMILES string of the molecule is CCCCCCCCCCCC1=C(O)C2=C(C(=O)C1=O)C(c1ccc(C(=O)OC)cc1)c1ccccc1N2. The highest BCUT2D eigenvalue weighted by atomic mass is 16.5. The van der Waals surface area contributed by atoms with Crippen LogP contribution in [-0.4, -0.2) is 29.8 Å². The van der Waals surface area contributed by atoms with Gasteiger partial charge in [0.15, 0.2) is 0 Å². The number of rotatable bonds is 12. The summed E-state index contributed by atoms with van der Waals surface area (Å²) in [5, 5.41) is 14.5. The van der Waals surface area contributed by atoms with Gasteiger partial charge in [-0.15, -0.1) is 0 Å². The maximum atomic E-state index is 13.5. The van der Waals surface area contributed by atoms with Crippen molar-refractivity contribution >= 4 is 23.2 Å². The predicted octanol–water partition coefficient (Wildman–Crippen LogP) is 7.17. The number of aliphatic hydroxyl groups excluding tert-OH is 1. The molecule has 0 radical (unpaired) electrons. The third-order valence-electron chi connectivity index (χ3n) is 7.53. The van der Waals surface area contributed by atoms with Gasteiger partial charge in [-0.25, -0.2) is 4.79 Å². The first-order chi connectivity index (χ1) is 18.5. The number of hydrogen-bond acceptors (Lipinski definition) is 6. The molecule has 6 nitrogen and oxygen atoms in total. The van der Waals surface area contributed by atoms with E-state index in [2.05, 4.69) is 12.2 Å². The van der Waals surface area contributed by atoms with Gasteiger partial charge in [0.2, 0.25) is 11.6 Å². The van der Waals surface area contributed by atoms with Gasteiger partial charge in [-0.05, 0) is 42.2 Å². The number of anilines is 1. The first-order valence-electron chi connectivity index (χ1n) is 13.8. The number of allylic oxidation sites excluding steroid dienone is 2. The molecule has 2 N–H and O–H groups in total. The normalized spacial score (nSPS) is 16.7. The molecule has 6 heteroatoms. The van der Waals surface area contributed by atoms with Crippen molar-refractivity contribution in [2.75, 3.05) is 12.4 Å². The van der Waals surface area contributed by atoms with Crippen LogP contribution in [0.5, 0.6) is 0 Å². The van der Waals surface area contributed by atoms with Crippen LogP contribution in [-0.2, 0) is 14.3 Å². The molecule has 0 saturated heterocycles. The van der Waals surface area contributed by atoms with Gasteiger partial charge < -0.3 is 15.2 Å². The topological polar surface area (TPSA) is 92.7 Å². The summed E-state index contributed by atoms with van der Waals surface area (Å²) in [5.41, 5.74) is 3.48.